The molecule has 3 rings (SSSR count). The maximum absolute atomic E-state index is 13.1. The lowest BCUT2D eigenvalue weighted by molar-refractivity contribution is -0.134. The van der Waals surface area contributed by atoms with Crippen molar-refractivity contribution in [2.75, 3.05) is 19.5 Å². The maximum Gasteiger partial charge on any atom is 0.339 e. The van der Waals surface area contributed by atoms with Crippen LogP contribution >= 0.6 is 11.6 Å². The monoisotopic (exact) mass is 431 g/mol. The molecule has 0 fully saturated rings. The van der Waals surface area contributed by atoms with Crippen LogP contribution in [0, 0.1) is 0 Å². The van der Waals surface area contributed by atoms with E-state index >= 15 is 0 Å². The molecule has 1 aliphatic rings. The fourth-order valence-electron chi connectivity index (χ4n) is 3.13. The van der Waals surface area contributed by atoms with Crippen LogP contribution in [0.2, 0.25) is 5.02 Å². The Morgan fingerprint density at radius 2 is 1.77 bits per heavy atom. The van der Waals surface area contributed by atoms with Crippen LogP contribution in [0.25, 0.3) is 0 Å². The van der Waals surface area contributed by atoms with Crippen LogP contribution in [0.3, 0.4) is 0 Å². The summed E-state index contributed by atoms with van der Waals surface area (Å²) in [6, 6.07) is 8.68. The standard InChI is InChI=1S/C21H18ClNO7/c1-21(10-12-8-13(22)5-7-14(12)19(26)30-21)20(27)23-16-9-11(17(24)28-2)4-6-15(16)18(25)29-3/h4-9H,10H2,1-3H3,(H,23,27)/t21-/m1/s1. The number of carbonyl (C=O) groups is 4. The van der Waals surface area contributed by atoms with E-state index in [1.54, 1.807) is 12.1 Å². The molecule has 1 N–H and O–H groups in total. The largest absolute Gasteiger partial charge is 0.465 e. The minimum absolute atomic E-state index is 0.0175. The lowest BCUT2D eigenvalue weighted by Gasteiger charge is -2.33. The van der Waals surface area contributed by atoms with E-state index in [2.05, 4.69) is 10.1 Å². The minimum Gasteiger partial charge on any atom is -0.465 e. The molecular weight excluding hydrogens is 414 g/mol. The van der Waals surface area contributed by atoms with Gasteiger partial charge >= 0.3 is 17.9 Å². The van der Waals surface area contributed by atoms with Gasteiger partial charge in [0.1, 0.15) is 0 Å². The Hall–Kier alpha value is -3.39. The number of nitrogens with one attached hydrogen (secondary N) is 1. The molecule has 1 aliphatic heterocycles. The highest BCUT2D eigenvalue weighted by Crippen LogP contribution is 2.31. The third kappa shape index (κ3) is 3.99. The number of esters is 3. The number of anilines is 1. The molecule has 1 heterocycles. The van der Waals surface area contributed by atoms with Crippen LogP contribution in [0.15, 0.2) is 36.4 Å². The number of rotatable bonds is 4. The van der Waals surface area contributed by atoms with Gasteiger partial charge in [-0.2, -0.15) is 0 Å². The second-order valence-corrected chi connectivity index (χ2v) is 7.23. The van der Waals surface area contributed by atoms with E-state index in [9.17, 15) is 19.2 Å². The number of halogens is 1. The molecule has 0 saturated heterocycles. The van der Waals surface area contributed by atoms with Gasteiger partial charge in [-0.05, 0) is 48.9 Å². The normalized spacial score (nSPS) is 17.4. The Bertz CT molecular complexity index is 1070. The minimum atomic E-state index is -1.57. The predicted molar refractivity (Wildman–Crippen MR) is 107 cm³/mol. The number of amides is 1. The molecule has 9 heteroatoms. The number of methoxy groups -OCH3 is 2. The second-order valence-electron chi connectivity index (χ2n) is 6.80. The van der Waals surface area contributed by atoms with E-state index in [0.717, 1.165) is 0 Å². The van der Waals surface area contributed by atoms with Gasteiger partial charge in [-0.25, -0.2) is 14.4 Å². The van der Waals surface area contributed by atoms with Crippen molar-refractivity contribution >= 4 is 41.1 Å². The molecule has 30 heavy (non-hydrogen) atoms. The van der Waals surface area contributed by atoms with Gasteiger partial charge in [0.25, 0.3) is 5.91 Å². The Kier molecular flexibility index (Phi) is 5.80. The second kappa shape index (κ2) is 8.16. The van der Waals surface area contributed by atoms with Crippen molar-refractivity contribution in [1.29, 1.82) is 0 Å². The van der Waals surface area contributed by atoms with E-state index in [-0.39, 0.29) is 23.2 Å². The van der Waals surface area contributed by atoms with Crippen LogP contribution in [-0.4, -0.2) is 43.6 Å². The van der Waals surface area contributed by atoms with E-state index in [1.807, 2.05) is 0 Å². The molecule has 156 valence electrons. The Balaban J connectivity index is 1.95. The molecule has 0 radical (unpaired) electrons. The first-order chi connectivity index (χ1) is 14.2. The van der Waals surface area contributed by atoms with Crippen LogP contribution in [0.1, 0.15) is 43.6 Å². The van der Waals surface area contributed by atoms with Crippen LogP contribution in [-0.2, 0) is 25.4 Å². The molecular formula is C21H18ClNO7. The summed E-state index contributed by atoms with van der Waals surface area (Å²) in [4.78, 5) is 49.4. The van der Waals surface area contributed by atoms with Gasteiger partial charge in [-0.15, -0.1) is 0 Å². The molecule has 8 nitrogen and oxygen atoms in total. The molecule has 0 bridgehead atoms. The van der Waals surface area contributed by atoms with E-state index < -0.39 is 29.4 Å². The van der Waals surface area contributed by atoms with Crippen molar-refractivity contribution < 1.29 is 33.4 Å². The molecule has 0 aromatic heterocycles. The number of cyclic esters (lactones) is 1. The maximum atomic E-state index is 13.1. The van der Waals surface area contributed by atoms with E-state index in [0.29, 0.717) is 16.1 Å². The number of hydrogen-bond acceptors (Lipinski definition) is 7. The zero-order chi connectivity index (χ0) is 22.1. The van der Waals surface area contributed by atoms with Crippen LogP contribution in [0.5, 0.6) is 0 Å². The molecule has 0 saturated carbocycles. The highest BCUT2D eigenvalue weighted by Gasteiger charge is 2.43. The molecule has 1 atom stereocenters. The van der Waals surface area contributed by atoms with Gasteiger partial charge in [0.15, 0.2) is 5.60 Å². The van der Waals surface area contributed by atoms with Crippen molar-refractivity contribution in [2.24, 2.45) is 0 Å². The van der Waals surface area contributed by atoms with Crippen molar-refractivity contribution in [2.45, 2.75) is 18.9 Å². The lowest BCUT2D eigenvalue weighted by atomic mass is 9.89. The number of carbonyl (C=O) groups excluding carboxylic acids is 4. The van der Waals surface area contributed by atoms with E-state index in [4.69, 9.17) is 21.1 Å². The third-order valence-electron chi connectivity index (χ3n) is 4.71. The molecule has 1 amide bonds. The summed E-state index contributed by atoms with van der Waals surface area (Å²) in [6.45, 7) is 1.45. The lowest BCUT2D eigenvalue weighted by Crippen LogP contribution is -2.49. The Morgan fingerprint density at radius 3 is 2.43 bits per heavy atom. The smallest absolute Gasteiger partial charge is 0.339 e. The van der Waals surface area contributed by atoms with Gasteiger partial charge < -0.3 is 19.5 Å². The van der Waals surface area contributed by atoms with Gasteiger partial charge in [-0.1, -0.05) is 11.6 Å². The number of fused-ring (bicyclic) bond motifs is 1. The fourth-order valence-corrected chi connectivity index (χ4v) is 3.32. The zero-order valence-corrected chi connectivity index (χ0v) is 17.2. The van der Waals surface area contributed by atoms with Crippen molar-refractivity contribution in [3.63, 3.8) is 0 Å². The Morgan fingerprint density at radius 1 is 1.07 bits per heavy atom. The molecule has 0 spiro atoms. The summed E-state index contributed by atoms with van der Waals surface area (Å²) in [5.74, 6) is -2.72. The fraction of sp³-hybridized carbons (Fsp3) is 0.238. The highest BCUT2D eigenvalue weighted by atomic mass is 35.5. The first kappa shape index (κ1) is 21.3. The van der Waals surface area contributed by atoms with Crippen molar-refractivity contribution in [1.82, 2.24) is 0 Å². The molecule has 0 unspecified atom stereocenters. The van der Waals surface area contributed by atoms with Gasteiger partial charge in [0.05, 0.1) is 36.6 Å². The SMILES string of the molecule is COC(=O)c1ccc(C(=O)OC)c(NC(=O)[C@@]2(C)Cc3cc(Cl)ccc3C(=O)O2)c1. The number of ether oxygens (including phenoxy) is 3. The van der Waals surface area contributed by atoms with Gasteiger partial charge in [0, 0.05) is 11.4 Å². The summed E-state index contributed by atoms with van der Waals surface area (Å²) in [5.41, 5.74) is -0.524. The van der Waals surface area contributed by atoms with Crippen LogP contribution in [0.4, 0.5) is 5.69 Å². The molecule has 2 aromatic carbocycles. The van der Waals surface area contributed by atoms with Gasteiger partial charge in [0.2, 0.25) is 0 Å². The summed E-state index contributed by atoms with van der Waals surface area (Å²) in [7, 11) is 2.40. The quantitative estimate of drug-likeness (QED) is 0.585. The predicted octanol–water partition coefficient (Wildman–Crippen LogP) is 3.02. The third-order valence-corrected chi connectivity index (χ3v) is 4.94. The number of benzene rings is 2. The number of hydrogen-bond donors (Lipinski definition) is 1. The summed E-state index contributed by atoms with van der Waals surface area (Å²) in [5, 5.41) is 2.98. The molecule has 0 aliphatic carbocycles. The average Bonchev–Trinajstić information content (AvgIpc) is 2.72. The topological polar surface area (TPSA) is 108 Å². The Labute approximate surface area is 177 Å². The first-order valence-corrected chi connectivity index (χ1v) is 9.20. The first-order valence-electron chi connectivity index (χ1n) is 8.82. The summed E-state index contributed by atoms with van der Waals surface area (Å²) < 4.78 is 14.8. The zero-order valence-electron chi connectivity index (χ0n) is 16.4. The molecule has 2 aromatic rings. The average molecular weight is 432 g/mol. The van der Waals surface area contributed by atoms with Gasteiger partial charge in [-0.3, -0.25) is 4.79 Å². The van der Waals surface area contributed by atoms with Crippen molar-refractivity contribution in [3.8, 4) is 0 Å². The summed E-state index contributed by atoms with van der Waals surface area (Å²) in [6.07, 6.45) is 0.0741. The van der Waals surface area contributed by atoms with Crippen LogP contribution < -0.4 is 5.32 Å². The summed E-state index contributed by atoms with van der Waals surface area (Å²) >= 11 is 6.01. The van der Waals surface area contributed by atoms with Crippen molar-refractivity contribution in [3.05, 3.63) is 63.7 Å². The highest BCUT2D eigenvalue weighted by molar-refractivity contribution is 6.30. The van der Waals surface area contributed by atoms with E-state index in [1.165, 1.54) is 45.4 Å².